The molecule has 188 valence electrons. The van der Waals surface area contributed by atoms with Crippen molar-refractivity contribution in [1.29, 1.82) is 5.26 Å². The first-order valence-corrected chi connectivity index (χ1v) is 12.7. The summed E-state index contributed by atoms with van der Waals surface area (Å²) < 4.78 is 1.96. The number of ketones is 1. The van der Waals surface area contributed by atoms with Crippen LogP contribution in [0.4, 0.5) is 0 Å². The van der Waals surface area contributed by atoms with Gasteiger partial charge in [-0.1, -0.05) is 32.1 Å². The summed E-state index contributed by atoms with van der Waals surface area (Å²) in [6, 6.07) is 15.9. The molecule has 0 saturated heterocycles. The van der Waals surface area contributed by atoms with E-state index in [-0.39, 0.29) is 29.8 Å². The van der Waals surface area contributed by atoms with Gasteiger partial charge in [-0.15, -0.1) is 0 Å². The number of rotatable bonds is 4. The van der Waals surface area contributed by atoms with Crippen molar-refractivity contribution in [2.45, 2.75) is 38.7 Å². The van der Waals surface area contributed by atoms with Gasteiger partial charge in [-0.2, -0.15) is 10.4 Å². The van der Waals surface area contributed by atoms with Gasteiger partial charge < -0.3 is 5.11 Å². The minimum Gasteiger partial charge on any atom is -0.390 e. The number of Topliss-reactive ketones (excluding diaryl/α,β-unsaturated/α-hetero) is 1. The highest BCUT2D eigenvalue weighted by Gasteiger charge is 2.50. The van der Waals surface area contributed by atoms with Crippen LogP contribution in [0.3, 0.4) is 0 Å². The summed E-state index contributed by atoms with van der Waals surface area (Å²) in [7, 11) is 0. The molecule has 8 nitrogen and oxygen atoms in total. The van der Waals surface area contributed by atoms with Gasteiger partial charge in [-0.05, 0) is 60.2 Å². The van der Waals surface area contributed by atoms with E-state index in [4.69, 9.17) is 5.10 Å². The summed E-state index contributed by atoms with van der Waals surface area (Å²) in [5.74, 6) is -0.279. The minimum atomic E-state index is -0.552. The summed E-state index contributed by atoms with van der Waals surface area (Å²) in [6.07, 6.45) is 8.37. The van der Waals surface area contributed by atoms with Gasteiger partial charge in [0, 0.05) is 29.3 Å². The van der Waals surface area contributed by atoms with Crippen LogP contribution in [0, 0.1) is 23.2 Å². The van der Waals surface area contributed by atoms with Crippen molar-refractivity contribution >= 4 is 5.78 Å². The summed E-state index contributed by atoms with van der Waals surface area (Å²) in [5.41, 5.74) is 6.73. The second-order valence-electron chi connectivity index (χ2n) is 10.2. The molecule has 0 spiro atoms. The predicted molar refractivity (Wildman–Crippen MR) is 141 cm³/mol. The second-order valence-corrected chi connectivity index (χ2v) is 10.2. The van der Waals surface area contributed by atoms with E-state index in [1.807, 2.05) is 60.1 Å². The molecule has 3 aromatic heterocycles. The zero-order valence-electron chi connectivity index (χ0n) is 21.2. The Kier molecular flexibility index (Phi) is 5.73. The van der Waals surface area contributed by atoms with E-state index in [0.717, 1.165) is 52.3 Å². The molecule has 0 bridgehead atoms. The van der Waals surface area contributed by atoms with Gasteiger partial charge in [0.05, 0.1) is 34.9 Å². The summed E-state index contributed by atoms with van der Waals surface area (Å²) in [4.78, 5) is 25.6. The van der Waals surface area contributed by atoms with Gasteiger partial charge >= 0.3 is 0 Å². The van der Waals surface area contributed by atoms with Crippen LogP contribution in [0.25, 0.3) is 28.2 Å². The van der Waals surface area contributed by atoms with Crippen molar-refractivity contribution in [3.63, 3.8) is 0 Å². The van der Waals surface area contributed by atoms with Gasteiger partial charge in [0.2, 0.25) is 0 Å². The van der Waals surface area contributed by atoms with Crippen molar-refractivity contribution in [3.8, 4) is 34.3 Å². The van der Waals surface area contributed by atoms with E-state index < -0.39 is 5.41 Å². The lowest BCUT2D eigenvalue weighted by Crippen LogP contribution is -2.46. The third-order valence-corrected chi connectivity index (χ3v) is 8.06. The van der Waals surface area contributed by atoms with Crippen LogP contribution in [0.2, 0.25) is 0 Å². The molecule has 0 unspecified atom stereocenters. The van der Waals surface area contributed by atoms with Crippen molar-refractivity contribution in [1.82, 2.24) is 24.7 Å². The average Bonchev–Trinajstić information content (AvgIpc) is 3.37. The largest absolute Gasteiger partial charge is 0.390 e. The molecule has 6 rings (SSSR count). The smallest absolute Gasteiger partial charge is 0.176 e. The number of carbonyl (C=O) groups is 1. The normalized spacial score (nSPS) is 22.3. The average molecular weight is 503 g/mol. The number of pyridine rings is 1. The lowest BCUT2D eigenvalue weighted by molar-refractivity contribution is -0.121. The first kappa shape index (κ1) is 23.9. The molecule has 1 N–H and O–H groups in total. The van der Waals surface area contributed by atoms with Gasteiger partial charge in [-0.3, -0.25) is 9.78 Å². The number of nitrogens with zero attached hydrogens (tertiary/aromatic N) is 6. The molecule has 2 aliphatic rings. The highest BCUT2D eigenvalue weighted by molar-refractivity contribution is 6.02. The number of aromatic nitrogens is 5. The van der Waals surface area contributed by atoms with Crippen molar-refractivity contribution in [3.05, 3.63) is 89.8 Å². The van der Waals surface area contributed by atoms with Gasteiger partial charge in [0.1, 0.15) is 18.1 Å². The molecule has 0 radical (unpaired) electrons. The maximum atomic E-state index is 12.9. The summed E-state index contributed by atoms with van der Waals surface area (Å²) in [5, 5.41) is 24.3. The number of aliphatic hydroxyl groups excluding tert-OH is 1. The van der Waals surface area contributed by atoms with E-state index in [0.29, 0.717) is 5.69 Å². The van der Waals surface area contributed by atoms with E-state index >= 15 is 0 Å². The fraction of sp³-hybridized carbons (Fsp3) is 0.267. The lowest BCUT2D eigenvalue weighted by Gasteiger charge is -2.45. The topological polar surface area (TPSA) is 118 Å². The van der Waals surface area contributed by atoms with Crippen LogP contribution in [0.1, 0.15) is 37.2 Å². The van der Waals surface area contributed by atoms with E-state index in [9.17, 15) is 15.2 Å². The maximum absolute atomic E-state index is 12.9. The lowest BCUT2D eigenvalue weighted by atomic mass is 9.58. The zero-order chi connectivity index (χ0) is 26.4. The molecule has 2 aliphatic carbocycles. The molecule has 0 aliphatic heterocycles. The molecule has 3 heterocycles. The highest BCUT2D eigenvalue weighted by atomic mass is 16.3. The SMILES string of the molecule is C[C@H]1C(=O)C(C#N)=C[C@@]2(C)c3c(c(-c4ccncn4)nn3-c3ccc(-c4ccnc(CO)c4)cc3)CC[C@H]12. The Morgan fingerprint density at radius 1 is 1.13 bits per heavy atom. The number of allylic oxidation sites excluding steroid dienone is 2. The standard InChI is InChI=1S/C30H26N6O2/c1-18-25-8-7-24-27(26-10-11-32-17-34-26)35-36(29(24)30(25,2)14-21(15-31)28(18)38)23-5-3-19(4-6-23)20-9-12-33-22(13-20)16-37/h3-6,9-14,17-18,25,37H,7-8,16H2,1-2H3/t18-,25-,30-/m1/s1. The Morgan fingerprint density at radius 2 is 1.95 bits per heavy atom. The number of hydrogen-bond acceptors (Lipinski definition) is 7. The highest BCUT2D eigenvalue weighted by Crippen LogP contribution is 2.52. The first-order valence-electron chi connectivity index (χ1n) is 12.7. The van der Waals surface area contributed by atoms with Crippen molar-refractivity contribution in [2.24, 2.45) is 11.8 Å². The molecule has 8 heteroatoms. The number of aliphatic hydroxyl groups is 1. The predicted octanol–water partition coefficient (Wildman–Crippen LogP) is 4.37. The number of carbonyl (C=O) groups excluding carboxylic acids is 1. The third-order valence-electron chi connectivity index (χ3n) is 8.06. The summed E-state index contributed by atoms with van der Waals surface area (Å²) in [6.45, 7) is 3.95. The van der Waals surface area contributed by atoms with Gasteiger partial charge in [0.25, 0.3) is 0 Å². The molecule has 0 fully saturated rings. The second kappa shape index (κ2) is 9.12. The van der Waals surface area contributed by atoms with Crippen LogP contribution in [0.5, 0.6) is 0 Å². The molecule has 0 saturated carbocycles. The Labute approximate surface area is 220 Å². The van der Waals surface area contributed by atoms with E-state index in [2.05, 4.69) is 27.9 Å². The molecule has 0 amide bonds. The Hall–Kier alpha value is -4.48. The van der Waals surface area contributed by atoms with Gasteiger partial charge in [-0.25, -0.2) is 14.6 Å². The number of nitriles is 1. The fourth-order valence-electron chi connectivity index (χ4n) is 6.21. The van der Waals surface area contributed by atoms with Gasteiger partial charge in [0.15, 0.2) is 5.78 Å². The first-order chi connectivity index (χ1) is 18.4. The number of benzene rings is 1. The quantitative estimate of drug-likeness (QED) is 0.440. The monoisotopic (exact) mass is 502 g/mol. The maximum Gasteiger partial charge on any atom is 0.176 e. The Morgan fingerprint density at radius 3 is 2.66 bits per heavy atom. The molecular formula is C30H26N6O2. The molecule has 38 heavy (non-hydrogen) atoms. The number of hydrogen-bond donors (Lipinski definition) is 1. The zero-order valence-corrected chi connectivity index (χ0v) is 21.2. The van der Waals surface area contributed by atoms with Crippen molar-refractivity contribution < 1.29 is 9.90 Å². The van der Waals surface area contributed by atoms with Crippen LogP contribution < -0.4 is 0 Å². The van der Waals surface area contributed by atoms with Crippen LogP contribution in [-0.4, -0.2) is 35.6 Å². The summed E-state index contributed by atoms with van der Waals surface area (Å²) >= 11 is 0. The Bertz CT molecular complexity index is 1620. The molecular weight excluding hydrogens is 476 g/mol. The fourth-order valence-corrected chi connectivity index (χ4v) is 6.21. The molecule has 4 aromatic rings. The van der Waals surface area contributed by atoms with Crippen LogP contribution in [-0.2, 0) is 23.2 Å². The van der Waals surface area contributed by atoms with Crippen molar-refractivity contribution in [2.75, 3.05) is 0 Å². The van der Waals surface area contributed by atoms with E-state index in [1.165, 1.54) is 6.33 Å². The van der Waals surface area contributed by atoms with E-state index in [1.54, 1.807) is 12.4 Å². The molecule has 3 atom stereocenters. The Balaban J connectivity index is 1.54. The third kappa shape index (κ3) is 3.66. The minimum absolute atomic E-state index is 0.0568. The molecule has 1 aromatic carbocycles. The van der Waals surface area contributed by atoms with Crippen LogP contribution in [0.15, 0.2) is 72.8 Å². The number of fused-ring (bicyclic) bond motifs is 3. The van der Waals surface area contributed by atoms with Crippen LogP contribution >= 0.6 is 0 Å².